The Kier molecular flexibility index (Phi) is 2.82. The molecule has 0 atom stereocenters. The van der Waals surface area contributed by atoms with Crippen LogP contribution in [0.15, 0.2) is 22.6 Å². The highest BCUT2D eigenvalue weighted by molar-refractivity contribution is 5.79. The van der Waals surface area contributed by atoms with Gasteiger partial charge in [-0.25, -0.2) is 26.9 Å². The third-order valence-electron chi connectivity index (χ3n) is 2.84. The van der Waals surface area contributed by atoms with E-state index >= 15 is 0 Å². The van der Waals surface area contributed by atoms with Crippen LogP contribution in [0.5, 0.6) is 0 Å². The molecule has 2 aromatic carbocycles. The van der Waals surface area contributed by atoms with Crippen LogP contribution in [0.25, 0.3) is 22.6 Å². The van der Waals surface area contributed by atoms with Crippen LogP contribution in [0.1, 0.15) is 0 Å². The molecular formula is C13H5F5N2O. The zero-order valence-electron chi connectivity index (χ0n) is 10.1. The van der Waals surface area contributed by atoms with E-state index in [4.69, 9.17) is 10.2 Å². The minimum absolute atomic E-state index is 0.0638. The maximum atomic E-state index is 13.7. The van der Waals surface area contributed by atoms with Crippen molar-refractivity contribution in [3.63, 3.8) is 0 Å². The van der Waals surface area contributed by atoms with Crippen LogP contribution in [0, 0.1) is 29.1 Å². The molecule has 0 saturated carbocycles. The van der Waals surface area contributed by atoms with Gasteiger partial charge in [-0.05, 0) is 12.1 Å². The number of nitrogens with zero attached hydrogens (tertiary/aromatic N) is 1. The molecule has 1 heterocycles. The number of hydrogen-bond acceptors (Lipinski definition) is 3. The van der Waals surface area contributed by atoms with Crippen LogP contribution in [-0.4, -0.2) is 4.98 Å². The van der Waals surface area contributed by atoms with Gasteiger partial charge in [-0.1, -0.05) is 0 Å². The molecule has 0 aliphatic rings. The summed E-state index contributed by atoms with van der Waals surface area (Å²) >= 11 is 0. The number of rotatable bonds is 1. The van der Waals surface area contributed by atoms with Crippen molar-refractivity contribution < 1.29 is 26.4 Å². The summed E-state index contributed by atoms with van der Waals surface area (Å²) in [6.45, 7) is 0. The molecule has 0 spiro atoms. The van der Waals surface area contributed by atoms with Crippen molar-refractivity contribution in [3.05, 3.63) is 47.3 Å². The number of halogens is 5. The lowest BCUT2D eigenvalue weighted by molar-refractivity contribution is 0.379. The summed E-state index contributed by atoms with van der Waals surface area (Å²) < 4.78 is 71.6. The van der Waals surface area contributed by atoms with Crippen molar-refractivity contribution in [1.82, 2.24) is 4.98 Å². The lowest BCUT2D eigenvalue weighted by Gasteiger charge is -2.04. The van der Waals surface area contributed by atoms with Crippen molar-refractivity contribution in [1.29, 1.82) is 0 Å². The average Bonchev–Trinajstić information content (AvgIpc) is 2.85. The smallest absolute Gasteiger partial charge is 0.233 e. The summed E-state index contributed by atoms with van der Waals surface area (Å²) in [6, 6.07) is 4.16. The fourth-order valence-corrected chi connectivity index (χ4v) is 1.84. The van der Waals surface area contributed by atoms with Gasteiger partial charge in [0, 0.05) is 11.8 Å². The van der Waals surface area contributed by atoms with E-state index in [1.807, 2.05) is 0 Å². The first-order valence-corrected chi connectivity index (χ1v) is 5.58. The molecule has 0 aliphatic heterocycles. The second kappa shape index (κ2) is 4.44. The Balaban J connectivity index is 2.32. The van der Waals surface area contributed by atoms with Gasteiger partial charge in [0.1, 0.15) is 11.1 Å². The van der Waals surface area contributed by atoms with E-state index in [-0.39, 0.29) is 11.1 Å². The number of fused-ring (bicyclic) bond motifs is 1. The molecule has 8 heteroatoms. The zero-order chi connectivity index (χ0) is 15.3. The lowest BCUT2D eigenvalue weighted by Crippen LogP contribution is -2.04. The number of nitrogens with two attached hydrogens (primary N) is 1. The highest BCUT2D eigenvalue weighted by atomic mass is 19.2. The fourth-order valence-electron chi connectivity index (χ4n) is 1.84. The summed E-state index contributed by atoms with van der Waals surface area (Å²) in [5.74, 6) is -11.1. The average molecular weight is 300 g/mol. The van der Waals surface area contributed by atoms with Crippen molar-refractivity contribution in [2.75, 3.05) is 5.73 Å². The first-order chi connectivity index (χ1) is 9.90. The Hall–Kier alpha value is -2.64. The van der Waals surface area contributed by atoms with Gasteiger partial charge >= 0.3 is 0 Å². The van der Waals surface area contributed by atoms with Crippen LogP contribution in [-0.2, 0) is 0 Å². The molecule has 108 valence electrons. The molecule has 0 amide bonds. The lowest BCUT2D eigenvalue weighted by atomic mass is 10.1. The van der Waals surface area contributed by atoms with Crippen LogP contribution in [0.3, 0.4) is 0 Å². The van der Waals surface area contributed by atoms with Gasteiger partial charge in [0.15, 0.2) is 28.9 Å². The number of oxazole rings is 1. The zero-order valence-corrected chi connectivity index (χ0v) is 10.1. The standard InChI is InChI=1S/C13H5F5N2O/c14-8-7(9(15)11(17)12(18)10(8)16)13-20-5-2-1-4(19)3-6(5)21-13/h1-3H,19H2. The van der Waals surface area contributed by atoms with Crippen LogP contribution in [0.2, 0.25) is 0 Å². The minimum atomic E-state index is -2.24. The predicted molar refractivity (Wildman–Crippen MR) is 63.6 cm³/mol. The Morgan fingerprint density at radius 2 is 1.43 bits per heavy atom. The first kappa shape index (κ1) is 13.3. The monoisotopic (exact) mass is 300 g/mol. The third-order valence-corrected chi connectivity index (χ3v) is 2.84. The highest BCUT2D eigenvalue weighted by Gasteiger charge is 2.29. The van der Waals surface area contributed by atoms with Crippen LogP contribution in [0.4, 0.5) is 27.6 Å². The Morgan fingerprint density at radius 1 is 0.857 bits per heavy atom. The Morgan fingerprint density at radius 3 is 2.05 bits per heavy atom. The molecule has 3 aromatic rings. The topological polar surface area (TPSA) is 52.0 Å². The number of hydrogen-bond donors (Lipinski definition) is 1. The molecule has 3 rings (SSSR count). The quantitative estimate of drug-likeness (QED) is 0.322. The largest absolute Gasteiger partial charge is 0.436 e. The van der Waals surface area contributed by atoms with Gasteiger partial charge in [-0.3, -0.25) is 0 Å². The van der Waals surface area contributed by atoms with Crippen molar-refractivity contribution in [2.24, 2.45) is 0 Å². The maximum Gasteiger partial charge on any atom is 0.233 e. The Labute approximate surface area is 113 Å². The SMILES string of the molecule is Nc1ccc2nc(-c3c(F)c(F)c(F)c(F)c3F)oc2c1. The first-order valence-electron chi connectivity index (χ1n) is 5.58. The molecule has 0 radical (unpaired) electrons. The number of aromatic nitrogens is 1. The Bertz CT molecular complexity index is 846. The highest BCUT2D eigenvalue weighted by Crippen LogP contribution is 2.33. The molecule has 0 aliphatic carbocycles. The van der Waals surface area contributed by atoms with Gasteiger partial charge in [0.2, 0.25) is 11.7 Å². The fraction of sp³-hybridized carbons (Fsp3) is 0. The van der Waals surface area contributed by atoms with Crippen molar-refractivity contribution in [3.8, 4) is 11.5 Å². The second-order valence-corrected chi connectivity index (χ2v) is 4.19. The maximum absolute atomic E-state index is 13.7. The van der Waals surface area contributed by atoms with E-state index in [1.54, 1.807) is 0 Å². The molecule has 0 bridgehead atoms. The van der Waals surface area contributed by atoms with Gasteiger partial charge in [-0.2, -0.15) is 0 Å². The van der Waals surface area contributed by atoms with E-state index in [2.05, 4.69) is 4.98 Å². The molecule has 2 N–H and O–H groups in total. The molecule has 0 fully saturated rings. The van der Waals surface area contributed by atoms with Gasteiger partial charge in [0.05, 0.1) is 0 Å². The van der Waals surface area contributed by atoms with E-state index in [9.17, 15) is 22.0 Å². The molecule has 1 aromatic heterocycles. The number of nitrogen functional groups attached to an aromatic ring is 1. The molecule has 21 heavy (non-hydrogen) atoms. The second-order valence-electron chi connectivity index (χ2n) is 4.19. The summed E-state index contributed by atoms with van der Waals surface area (Å²) in [5.41, 5.74) is 4.80. The van der Waals surface area contributed by atoms with Gasteiger partial charge in [0.25, 0.3) is 0 Å². The number of benzene rings is 2. The van der Waals surface area contributed by atoms with Crippen LogP contribution >= 0.6 is 0 Å². The third kappa shape index (κ3) is 1.91. The van der Waals surface area contributed by atoms with Gasteiger partial charge in [-0.15, -0.1) is 0 Å². The molecule has 0 unspecified atom stereocenters. The van der Waals surface area contributed by atoms with Crippen molar-refractivity contribution in [2.45, 2.75) is 0 Å². The normalized spacial score (nSPS) is 11.3. The molecule has 0 saturated heterocycles. The van der Waals surface area contributed by atoms with Crippen molar-refractivity contribution >= 4 is 16.8 Å². The summed E-state index contributed by atoms with van der Waals surface area (Å²) in [4.78, 5) is 3.70. The van der Waals surface area contributed by atoms with Gasteiger partial charge < -0.3 is 10.2 Å². The summed E-state index contributed by atoms with van der Waals surface area (Å²) in [6.07, 6.45) is 0. The minimum Gasteiger partial charge on any atom is -0.436 e. The summed E-state index contributed by atoms with van der Waals surface area (Å²) in [7, 11) is 0. The predicted octanol–water partition coefficient (Wildman–Crippen LogP) is 3.77. The van der Waals surface area contributed by atoms with E-state index in [0.717, 1.165) is 0 Å². The van der Waals surface area contributed by atoms with E-state index in [0.29, 0.717) is 5.69 Å². The molecule has 3 nitrogen and oxygen atoms in total. The number of anilines is 1. The summed E-state index contributed by atoms with van der Waals surface area (Å²) in [5, 5.41) is 0. The van der Waals surface area contributed by atoms with Crippen LogP contribution < -0.4 is 5.73 Å². The molecular weight excluding hydrogens is 295 g/mol. The van der Waals surface area contributed by atoms with E-state index < -0.39 is 40.5 Å². The van der Waals surface area contributed by atoms with E-state index in [1.165, 1.54) is 18.2 Å².